The minimum atomic E-state index is -1.44. The molecule has 1 atom stereocenters. The van der Waals surface area contributed by atoms with E-state index in [0.717, 1.165) is 25.8 Å². The molecule has 0 bridgehead atoms. The Morgan fingerprint density at radius 2 is 1.83 bits per heavy atom. The van der Waals surface area contributed by atoms with Crippen molar-refractivity contribution in [2.75, 3.05) is 6.54 Å². The molecule has 0 amide bonds. The number of halogens is 3. The topological polar surface area (TPSA) is 18.8 Å². The summed E-state index contributed by atoms with van der Waals surface area (Å²) < 4.78 is -1.44. The van der Waals surface area contributed by atoms with Crippen molar-refractivity contribution in [1.82, 2.24) is 9.91 Å². The summed E-state index contributed by atoms with van der Waals surface area (Å²) in [7, 11) is 0. The molecule has 0 radical (unpaired) electrons. The molecule has 0 aliphatic carbocycles. The summed E-state index contributed by atoms with van der Waals surface area (Å²) in [6.45, 7) is 9.59. The summed E-state index contributed by atoms with van der Waals surface area (Å²) in [5.41, 5.74) is 0.150. The Hall–Kier alpha value is 0.140. The maximum absolute atomic E-state index is 6.00. The van der Waals surface area contributed by atoms with Crippen molar-refractivity contribution in [3.05, 3.63) is 0 Å². The van der Waals surface area contributed by atoms with Gasteiger partial charge in [0.25, 0.3) is 3.92 Å². The van der Waals surface area contributed by atoms with Gasteiger partial charge in [-0.15, -0.1) is 0 Å². The van der Waals surface area contributed by atoms with E-state index in [4.69, 9.17) is 34.8 Å². The van der Waals surface area contributed by atoms with Crippen LogP contribution in [0.15, 0.2) is 5.10 Å². The third kappa shape index (κ3) is 4.67. The van der Waals surface area contributed by atoms with Gasteiger partial charge in [-0.1, -0.05) is 68.9 Å². The predicted molar refractivity (Wildman–Crippen MR) is 80.1 cm³/mol. The van der Waals surface area contributed by atoms with Crippen LogP contribution in [0.25, 0.3) is 0 Å². The number of hydrazone groups is 1. The highest BCUT2D eigenvalue weighted by molar-refractivity contribution is 6.67. The van der Waals surface area contributed by atoms with E-state index >= 15 is 0 Å². The molecule has 0 saturated carbocycles. The number of nitrogens with zero attached hydrogens (tertiary/aromatic N) is 3. The highest BCUT2D eigenvalue weighted by Gasteiger charge is 2.41. The van der Waals surface area contributed by atoms with Crippen LogP contribution in [-0.2, 0) is 0 Å². The monoisotopic (exact) mass is 313 g/mol. The number of alkyl halides is 3. The first-order valence-corrected chi connectivity index (χ1v) is 7.44. The summed E-state index contributed by atoms with van der Waals surface area (Å²) in [6.07, 6.45) is 4.77. The second-order valence-electron chi connectivity index (χ2n) is 5.87. The van der Waals surface area contributed by atoms with E-state index in [1.54, 1.807) is 11.2 Å². The zero-order valence-electron chi connectivity index (χ0n) is 11.5. The Morgan fingerprint density at radius 1 is 1.22 bits per heavy atom. The number of hydrogen-bond donors (Lipinski definition) is 0. The highest BCUT2D eigenvalue weighted by Crippen LogP contribution is 2.38. The summed E-state index contributed by atoms with van der Waals surface area (Å²) in [6, 6.07) is 0. The summed E-state index contributed by atoms with van der Waals surface area (Å²) in [5, 5.41) is 6.39. The molecule has 1 aliphatic heterocycles. The van der Waals surface area contributed by atoms with E-state index < -0.39 is 3.92 Å². The summed E-state index contributed by atoms with van der Waals surface area (Å²) in [4.78, 5) is 1.71. The van der Waals surface area contributed by atoms with Crippen LogP contribution in [-0.4, -0.2) is 32.9 Å². The second-order valence-corrected chi connectivity index (χ2v) is 8.09. The molecule has 1 heterocycles. The van der Waals surface area contributed by atoms with Gasteiger partial charge in [0.1, 0.15) is 12.5 Å². The molecule has 3 nitrogen and oxygen atoms in total. The van der Waals surface area contributed by atoms with E-state index in [0.29, 0.717) is 0 Å². The smallest absolute Gasteiger partial charge is 0.270 e. The standard InChI is InChI=1S/C12H22Cl3N3/c1-5-6-7-18-10(8-11(2,3)4)17(9-16-18)12(13,14)15/h9-10H,5-8H2,1-4H3. The predicted octanol–water partition coefficient (Wildman–Crippen LogP) is 4.44. The molecule has 18 heavy (non-hydrogen) atoms. The molecule has 1 aliphatic rings. The number of rotatable bonds is 4. The molecule has 0 spiro atoms. The van der Waals surface area contributed by atoms with Crippen LogP contribution in [0.4, 0.5) is 0 Å². The molecular weight excluding hydrogens is 293 g/mol. The molecule has 0 aromatic rings. The van der Waals surface area contributed by atoms with Gasteiger partial charge in [0, 0.05) is 6.54 Å². The maximum atomic E-state index is 6.00. The third-order valence-electron chi connectivity index (χ3n) is 2.82. The van der Waals surface area contributed by atoms with Crippen LogP contribution >= 0.6 is 34.8 Å². The van der Waals surface area contributed by atoms with Crippen molar-refractivity contribution in [1.29, 1.82) is 0 Å². The Morgan fingerprint density at radius 3 is 2.28 bits per heavy atom. The van der Waals surface area contributed by atoms with Crippen LogP contribution in [0, 0.1) is 5.41 Å². The fraction of sp³-hybridized carbons (Fsp3) is 0.917. The lowest BCUT2D eigenvalue weighted by Crippen LogP contribution is -2.47. The molecule has 0 fully saturated rings. The van der Waals surface area contributed by atoms with E-state index in [2.05, 4.69) is 32.8 Å². The molecule has 1 rings (SSSR count). The molecule has 6 heteroatoms. The van der Waals surface area contributed by atoms with E-state index in [1.807, 2.05) is 5.01 Å². The Labute approximate surface area is 125 Å². The average molecular weight is 315 g/mol. The third-order valence-corrected chi connectivity index (χ3v) is 3.40. The van der Waals surface area contributed by atoms with E-state index in [9.17, 15) is 0 Å². The minimum absolute atomic E-state index is 0.0176. The van der Waals surface area contributed by atoms with Gasteiger partial charge in [-0.2, -0.15) is 5.10 Å². The fourth-order valence-electron chi connectivity index (χ4n) is 1.93. The van der Waals surface area contributed by atoms with Gasteiger partial charge in [-0.05, 0) is 18.3 Å². The molecule has 0 aromatic heterocycles. The van der Waals surface area contributed by atoms with Gasteiger partial charge < -0.3 is 0 Å². The van der Waals surface area contributed by atoms with Gasteiger partial charge >= 0.3 is 0 Å². The van der Waals surface area contributed by atoms with Gasteiger partial charge in [-0.25, -0.2) is 0 Å². The summed E-state index contributed by atoms with van der Waals surface area (Å²) >= 11 is 18.0. The first kappa shape index (κ1) is 16.2. The van der Waals surface area contributed by atoms with Crippen LogP contribution in [0.2, 0.25) is 0 Å². The van der Waals surface area contributed by atoms with Gasteiger partial charge in [0.05, 0.1) is 0 Å². The van der Waals surface area contributed by atoms with Crippen molar-refractivity contribution in [3.8, 4) is 0 Å². The largest absolute Gasteiger partial charge is 0.295 e. The van der Waals surface area contributed by atoms with Crippen molar-refractivity contribution in [2.45, 2.75) is 57.0 Å². The van der Waals surface area contributed by atoms with E-state index in [-0.39, 0.29) is 11.6 Å². The van der Waals surface area contributed by atoms with Crippen LogP contribution in [0.5, 0.6) is 0 Å². The van der Waals surface area contributed by atoms with E-state index in [1.165, 1.54) is 0 Å². The van der Waals surface area contributed by atoms with Crippen molar-refractivity contribution >= 4 is 41.1 Å². The lowest BCUT2D eigenvalue weighted by molar-refractivity contribution is 0.0859. The molecule has 0 N–H and O–H groups in total. The Bertz CT molecular complexity index is 294. The minimum Gasteiger partial charge on any atom is -0.295 e. The lowest BCUT2D eigenvalue weighted by Gasteiger charge is -2.37. The van der Waals surface area contributed by atoms with Crippen molar-refractivity contribution < 1.29 is 0 Å². The molecule has 1 unspecified atom stereocenters. The van der Waals surface area contributed by atoms with Crippen molar-refractivity contribution in [2.24, 2.45) is 10.5 Å². The second kappa shape index (κ2) is 6.06. The van der Waals surface area contributed by atoms with Gasteiger partial charge in [0.15, 0.2) is 0 Å². The SMILES string of the molecule is CCCCN1N=CN(C(Cl)(Cl)Cl)C1CC(C)(C)C. The van der Waals surface area contributed by atoms with Gasteiger partial charge in [-0.3, -0.25) is 9.91 Å². The zero-order valence-corrected chi connectivity index (χ0v) is 13.7. The zero-order chi connectivity index (χ0) is 14.0. The molecular formula is C12H22Cl3N3. The quantitative estimate of drug-likeness (QED) is 0.564. The Kier molecular flexibility index (Phi) is 5.45. The van der Waals surface area contributed by atoms with Crippen LogP contribution in [0.3, 0.4) is 0 Å². The first-order chi connectivity index (χ1) is 8.15. The first-order valence-electron chi connectivity index (χ1n) is 6.31. The van der Waals surface area contributed by atoms with Crippen LogP contribution in [0.1, 0.15) is 47.0 Å². The number of unbranched alkanes of at least 4 members (excludes halogenated alkanes) is 1. The maximum Gasteiger partial charge on any atom is 0.270 e. The van der Waals surface area contributed by atoms with Gasteiger partial charge in [0.2, 0.25) is 0 Å². The fourth-order valence-corrected chi connectivity index (χ4v) is 2.40. The Balaban J connectivity index is 2.79. The molecule has 0 aromatic carbocycles. The molecule has 0 saturated heterocycles. The normalized spacial score (nSPS) is 20.9. The molecule has 106 valence electrons. The summed E-state index contributed by atoms with van der Waals surface area (Å²) in [5.74, 6) is 0. The highest BCUT2D eigenvalue weighted by atomic mass is 35.6. The average Bonchev–Trinajstić information content (AvgIpc) is 2.54. The number of hydrogen-bond acceptors (Lipinski definition) is 3. The van der Waals surface area contributed by atoms with Crippen LogP contribution < -0.4 is 0 Å². The lowest BCUT2D eigenvalue weighted by atomic mass is 9.90. The van der Waals surface area contributed by atoms with Crippen molar-refractivity contribution in [3.63, 3.8) is 0 Å².